The number of rotatable bonds is 18. The first-order valence-corrected chi connectivity index (χ1v) is 17.0. The molecule has 0 aromatic heterocycles. The lowest BCUT2D eigenvalue weighted by Crippen LogP contribution is -2.38. The largest absolute Gasteiger partial charge is 0.505 e. The molecule has 1 aromatic carbocycles. The molecule has 1 aromatic rings. The summed E-state index contributed by atoms with van der Waals surface area (Å²) in [5, 5.41) is 9.00. The maximum absolute atomic E-state index is 13.3. The van der Waals surface area contributed by atoms with Gasteiger partial charge in [-0.1, -0.05) is 86.0 Å². The van der Waals surface area contributed by atoms with E-state index in [1.54, 1.807) is 6.92 Å². The van der Waals surface area contributed by atoms with Gasteiger partial charge in [0.05, 0.1) is 5.41 Å². The lowest BCUT2D eigenvalue weighted by Gasteiger charge is -2.38. The first-order chi connectivity index (χ1) is 20.1. The summed E-state index contributed by atoms with van der Waals surface area (Å²) in [6.07, 6.45) is 13.1. The molecule has 4 atom stereocenters. The van der Waals surface area contributed by atoms with Crippen LogP contribution in [0.1, 0.15) is 148 Å². The Bertz CT molecular complexity index is 1060. The average molecular weight is 603 g/mol. The van der Waals surface area contributed by atoms with Crippen molar-refractivity contribution in [2.45, 2.75) is 158 Å². The zero-order chi connectivity index (χ0) is 32.4. The number of carbonyl (C=O) groups is 2. The van der Waals surface area contributed by atoms with E-state index in [2.05, 4.69) is 34.6 Å². The van der Waals surface area contributed by atoms with Crippen LogP contribution in [-0.4, -0.2) is 29.4 Å². The summed E-state index contributed by atoms with van der Waals surface area (Å²) < 4.78 is 17.6. The highest BCUT2D eigenvalue weighted by Gasteiger charge is 2.39. The Morgan fingerprint density at radius 2 is 1.51 bits per heavy atom. The minimum absolute atomic E-state index is 0.201. The van der Waals surface area contributed by atoms with Crippen LogP contribution < -0.4 is 9.47 Å². The highest BCUT2D eigenvalue weighted by atomic mass is 16.7. The molecular weight excluding hydrogens is 540 g/mol. The highest BCUT2D eigenvalue weighted by Crippen LogP contribution is 2.45. The standard InChI is InChI=1S/C37H62O6/c1-11-21-36(9,24-41-35(39)40)34(38)42-32-28(6)29(7)33-31(30(32)8)20-23-37(10,43-33)22-14-19-27(5)18-13-17-26(4)16-12-15-25(2)3/h25-27H,11-24H2,1-10H3,(H,39,40)/t26-,27-,36?,37-/m1/s1. The Morgan fingerprint density at radius 3 is 2.07 bits per heavy atom. The maximum Gasteiger partial charge on any atom is 0.505 e. The molecule has 0 saturated carbocycles. The van der Waals surface area contributed by atoms with Crippen molar-refractivity contribution in [3.05, 3.63) is 22.3 Å². The van der Waals surface area contributed by atoms with Gasteiger partial charge in [-0.25, -0.2) is 4.79 Å². The van der Waals surface area contributed by atoms with Crippen molar-refractivity contribution in [3.63, 3.8) is 0 Å². The van der Waals surface area contributed by atoms with Crippen LogP contribution in [0.5, 0.6) is 11.5 Å². The molecule has 246 valence electrons. The third-order valence-corrected chi connectivity index (χ3v) is 9.84. The zero-order valence-corrected chi connectivity index (χ0v) is 29.1. The van der Waals surface area contributed by atoms with Gasteiger partial charge >= 0.3 is 12.1 Å². The van der Waals surface area contributed by atoms with Crippen molar-refractivity contribution < 1.29 is 28.9 Å². The summed E-state index contributed by atoms with van der Waals surface area (Å²) in [5.74, 6) is 3.44. The lowest BCUT2D eigenvalue weighted by molar-refractivity contribution is -0.148. The van der Waals surface area contributed by atoms with Gasteiger partial charge in [-0.3, -0.25) is 4.79 Å². The molecule has 1 unspecified atom stereocenters. The number of ether oxygens (including phenoxy) is 3. The monoisotopic (exact) mass is 602 g/mol. The molecule has 1 heterocycles. The predicted molar refractivity (Wildman–Crippen MR) is 175 cm³/mol. The van der Waals surface area contributed by atoms with Crippen molar-refractivity contribution in [1.82, 2.24) is 0 Å². The van der Waals surface area contributed by atoms with Crippen LogP contribution in [0.15, 0.2) is 0 Å². The second-order valence-corrected chi connectivity index (χ2v) is 14.7. The second-order valence-electron chi connectivity index (χ2n) is 14.7. The fraction of sp³-hybridized carbons (Fsp3) is 0.784. The number of carboxylic acid groups (broad SMARTS) is 1. The van der Waals surface area contributed by atoms with E-state index in [1.807, 2.05) is 27.7 Å². The Balaban J connectivity index is 1.98. The van der Waals surface area contributed by atoms with E-state index in [0.717, 1.165) is 71.4 Å². The van der Waals surface area contributed by atoms with Crippen molar-refractivity contribution in [2.24, 2.45) is 23.2 Å². The summed E-state index contributed by atoms with van der Waals surface area (Å²) in [6.45, 7) is 21.2. The molecule has 0 radical (unpaired) electrons. The first kappa shape index (κ1) is 36.9. The fourth-order valence-electron chi connectivity index (χ4n) is 6.64. The van der Waals surface area contributed by atoms with E-state index in [4.69, 9.17) is 19.3 Å². The molecule has 0 spiro atoms. The van der Waals surface area contributed by atoms with E-state index in [1.165, 1.54) is 44.9 Å². The number of hydrogen-bond acceptors (Lipinski definition) is 5. The van der Waals surface area contributed by atoms with Crippen LogP contribution >= 0.6 is 0 Å². The molecule has 0 bridgehead atoms. The van der Waals surface area contributed by atoms with Crippen LogP contribution in [0.3, 0.4) is 0 Å². The average Bonchev–Trinajstić information content (AvgIpc) is 2.92. The summed E-state index contributed by atoms with van der Waals surface area (Å²) in [6, 6.07) is 0. The minimum Gasteiger partial charge on any atom is -0.487 e. The predicted octanol–water partition coefficient (Wildman–Crippen LogP) is 10.5. The van der Waals surface area contributed by atoms with Crippen molar-refractivity contribution in [3.8, 4) is 11.5 Å². The highest BCUT2D eigenvalue weighted by molar-refractivity contribution is 5.80. The summed E-state index contributed by atoms with van der Waals surface area (Å²) in [7, 11) is 0. The fourth-order valence-corrected chi connectivity index (χ4v) is 6.64. The zero-order valence-electron chi connectivity index (χ0n) is 29.1. The second kappa shape index (κ2) is 16.7. The Hall–Kier alpha value is -2.24. The molecule has 6 heteroatoms. The normalized spacial score (nSPS) is 19.2. The molecular formula is C37H62O6. The Kier molecular flexibility index (Phi) is 14.4. The van der Waals surface area contributed by atoms with Gasteiger partial charge in [0.25, 0.3) is 0 Å². The van der Waals surface area contributed by atoms with Crippen LogP contribution in [0.4, 0.5) is 4.79 Å². The van der Waals surface area contributed by atoms with Gasteiger partial charge in [-0.05, 0) is 101 Å². The van der Waals surface area contributed by atoms with Gasteiger partial charge in [-0.15, -0.1) is 0 Å². The summed E-state index contributed by atoms with van der Waals surface area (Å²) in [5.41, 5.74) is 2.68. The Morgan fingerprint density at radius 1 is 0.930 bits per heavy atom. The number of esters is 1. The molecule has 0 fully saturated rings. The van der Waals surface area contributed by atoms with Gasteiger partial charge in [0.1, 0.15) is 23.7 Å². The van der Waals surface area contributed by atoms with E-state index in [9.17, 15) is 9.59 Å². The summed E-state index contributed by atoms with van der Waals surface area (Å²) >= 11 is 0. The number of hydrogen-bond donors (Lipinski definition) is 1. The quantitative estimate of drug-likeness (QED) is 0.133. The van der Waals surface area contributed by atoms with E-state index < -0.39 is 17.5 Å². The van der Waals surface area contributed by atoms with E-state index in [-0.39, 0.29) is 12.2 Å². The number of benzene rings is 1. The molecule has 2 rings (SSSR count). The van der Waals surface area contributed by atoms with Gasteiger partial charge < -0.3 is 19.3 Å². The molecule has 1 N–H and O–H groups in total. The van der Waals surface area contributed by atoms with Crippen LogP contribution in [0, 0.1) is 43.9 Å². The minimum atomic E-state index is -1.39. The van der Waals surface area contributed by atoms with Gasteiger partial charge in [0.2, 0.25) is 0 Å². The van der Waals surface area contributed by atoms with Crippen LogP contribution in [0.25, 0.3) is 0 Å². The smallest absolute Gasteiger partial charge is 0.487 e. The topological polar surface area (TPSA) is 82.1 Å². The van der Waals surface area contributed by atoms with Crippen LogP contribution in [-0.2, 0) is 16.0 Å². The molecule has 0 aliphatic carbocycles. The lowest BCUT2D eigenvalue weighted by atomic mass is 9.83. The Labute approximate surface area is 262 Å². The molecule has 1 aliphatic heterocycles. The molecule has 1 aliphatic rings. The first-order valence-electron chi connectivity index (χ1n) is 17.0. The van der Waals surface area contributed by atoms with Crippen molar-refractivity contribution in [2.75, 3.05) is 6.61 Å². The van der Waals surface area contributed by atoms with Crippen molar-refractivity contribution in [1.29, 1.82) is 0 Å². The third kappa shape index (κ3) is 11.0. The molecule has 43 heavy (non-hydrogen) atoms. The SMILES string of the molecule is CCCC(C)(COC(=O)O)C(=O)Oc1c(C)c(C)c2c(c1C)CC[C@@](C)(CCC[C@H](C)CCC[C@H](C)CCCC(C)C)O2. The van der Waals surface area contributed by atoms with E-state index in [0.29, 0.717) is 18.6 Å². The number of fused-ring (bicyclic) bond motifs is 1. The summed E-state index contributed by atoms with van der Waals surface area (Å²) in [4.78, 5) is 24.4. The molecule has 0 saturated heterocycles. The number of carbonyl (C=O) groups excluding carboxylic acids is 1. The van der Waals surface area contributed by atoms with Gasteiger partial charge in [-0.2, -0.15) is 0 Å². The molecule has 0 amide bonds. The van der Waals surface area contributed by atoms with Gasteiger partial charge in [0.15, 0.2) is 0 Å². The van der Waals surface area contributed by atoms with Gasteiger partial charge in [0, 0.05) is 5.56 Å². The van der Waals surface area contributed by atoms with E-state index >= 15 is 0 Å². The van der Waals surface area contributed by atoms with Crippen molar-refractivity contribution >= 4 is 12.1 Å². The van der Waals surface area contributed by atoms with Crippen LogP contribution in [0.2, 0.25) is 0 Å². The maximum atomic E-state index is 13.3. The third-order valence-electron chi connectivity index (χ3n) is 9.84. The molecule has 6 nitrogen and oxygen atoms in total.